The van der Waals surface area contributed by atoms with Gasteiger partial charge < -0.3 is 19.3 Å². The number of benzene rings is 3. The molecule has 0 spiro atoms. The van der Waals surface area contributed by atoms with Crippen LogP contribution >= 0.6 is 0 Å². The van der Waals surface area contributed by atoms with Crippen LogP contribution in [0.25, 0.3) is 0 Å². The summed E-state index contributed by atoms with van der Waals surface area (Å²) in [6, 6.07) is 23.6. The molecule has 2 atom stereocenters. The molecule has 0 amide bonds. The van der Waals surface area contributed by atoms with Crippen molar-refractivity contribution in [3.8, 4) is 23.0 Å². The molecule has 3 aromatic carbocycles. The van der Waals surface area contributed by atoms with E-state index in [1.807, 2.05) is 60.7 Å². The van der Waals surface area contributed by atoms with Gasteiger partial charge in [0.25, 0.3) is 0 Å². The minimum Gasteiger partial charge on any atom is -0.508 e. The van der Waals surface area contributed by atoms with Gasteiger partial charge >= 0.3 is 0 Å². The highest BCUT2D eigenvalue weighted by molar-refractivity contribution is 5.46. The van der Waals surface area contributed by atoms with Gasteiger partial charge in [0.15, 0.2) is 11.5 Å². The summed E-state index contributed by atoms with van der Waals surface area (Å²) in [4.78, 5) is 2.45. The number of piperidine rings is 1. The van der Waals surface area contributed by atoms with Gasteiger partial charge in [0.2, 0.25) is 0 Å². The Morgan fingerprint density at radius 3 is 2.75 bits per heavy atom. The largest absolute Gasteiger partial charge is 0.508 e. The first-order chi connectivity index (χ1) is 15.7. The lowest BCUT2D eigenvalue weighted by Gasteiger charge is -2.36. The van der Waals surface area contributed by atoms with Crippen molar-refractivity contribution >= 4 is 0 Å². The molecular formula is C27H29NO4. The third-order valence-corrected chi connectivity index (χ3v) is 6.19. The van der Waals surface area contributed by atoms with Crippen LogP contribution in [-0.4, -0.2) is 42.4 Å². The molecule has 1 N–H and O–H groups in total. The molecule has 2 heterocycles. The van der Waals surface area contributed by atoms with Gasteiger partial charge in [-0.2, -0.15) is 0 Å². The summed E-state index contributed by atoms with van der Waals surface area (Å²) in [6.45, 7) is 3.93. The van der Waals surface area contributed by atoms with Gasteiger partial charge in [-0.05, 0) is 60.7 Å². The van der Waals surface area contributed by atoms with Crippen molar-refractivity contribution in [1.29, 1.82) is 0 Å². The first kappa shape index (κ1) is 20.7. The highest BCUT2D eigenvalue weighted by Crippen LogP contribution is 2.36. The Kier molecular flexibility index (Phi) is 6.17. The number of hydrogen-bond acceptors (Lipinski definition) is 5. The number of fused-ring (bicyclic) bond motifs is 1. The van der Waals surface area contributed by atoms with Gasteiger partial charge in [0.05, 0.1) is 0 Å². The number of hydrogen-bond donors (Lipinski definition) is 1. The van der Waals surface area contributed by atoms with E-state index in [0.29, 0.717) is 24.9 Å². The number of phenolic OH excluding ortho intramolecular Hbond substituents is 1. The predicted molar refractivity (Wildman–Crippen MR) is 124 cm³/mol. The molecule has 0 radical (unpaired) electrons. The average Bonchev–Trinajstić information content (AvgIpc) is 2.83. The zero-order chi connectivity index (χ0) is 21.8. The van der Waals surface area contributed by atoms with E-state index in [9.17, 15) is 5.11 Å². The van der Waals surface area contributed by atoms with Crippen molar-refractivity contribution in [1.82, 2.24) is 4.90 Å². The zero-order valence-electron chi connectivity index (χ0n) is 18.2. The number of ether oxygens (including phenoxy) is 3. The highest BCUT2D eigenvalue weighted by Gasteiger charge is 2.27. The van der Waals surface area contributed by atoms with Gasteiger partial charge in [0.1, 0.15) is 30.8 Å². The van der Waals surface area contributed by atoms with Crippen molar-refractivity contribution in [3.63, 3.8) is 0 Å². The molecule has 0 aromatic heterocycles. The number of likely N-dealkylation sites (tertiary alicyclic amines) is 1. The van der Waals surface area contributed by atoms with E-state index in [1.165, 1.54) is 5.56 Å². The molecule has 32 heavy (non-hydrogen) atoms. The van der Waals surface area contributed by atoms with Gasteiger partial charge in [-0.3, -0.25) is 4.90 Å². The molecule has 0 saturated carbocycles. The van der Waals surface area contributed by atoms with E-state index in [1.54, 1.807) is 6.07 Å². The summed E-state index contributed by atoms with van der Waals surface area (Å²) in [5.41, 5.74) is 2.34. The molecule has 5 nitrogen and oxygen atoms in total. The monoisotopic (exact) mass is 431 g/mol. The molecule has 0 aliphatic carbocycles. The van der Waals surface area contributed by atoms with Crippen molar-refractivity contribution < 1.29 is 19.3 Å². The first-order valence-corrected chi connectivity index (χ1v) is 11.3. The third kappa shape index (κ3) is 5.00. The molecular weight excluding hydrogens is 402 g/mol. The Bertz CT molecular complexity index is 1040. The molecule has 166 valence electrons. The Balaban J connectivity index is 1.16. The number of phenols is 1. The average molecular weight is 432 g/mol. The Labute approximate surface area is 189 Å². The summed E-state index contributed by atoms with van der Waals surface area (Å²) in [7, 11) is 0. The summed E-state index contributed by atoms with van der Waals surface area (Å²) >= 11 is 0. The van der Waals surface area contributed by atoms with Crippen LogP contribution in [0.5, 0.6) is 23.0 Å². The van der Waals surface area contributed by atoms with Gasteiger partial charge in [-0.25, -0.2) is 0 Å². The van der Waals surface area contributed by atoms with E-state index in [2.05, 4.69) is 11.0 Å². The molecule has 5 rings (SSSR count). The van der Waals surface area contributed by atoms with Crippen LogP contribution in [0.15, 0.2) is 72.8 Å². The van der Waals surface area contributed by atoms with Crippen LogP contribution in [0, 0.1) is 0 Å². The molecule has 1 unspecified atom stereocenters. The first-order valence-electron chi connectivity index (χ1n) is 11.3. The maximum Gasteiger partial charge on any atom is 0.165 e. The second kappa shape index (κ2) is 9.53. The summed E-state index contributed by atoms with van der Waals surface area (Å²) in [6.07, 6.45) is 2.30. The van der Waals surface area contributed by atoms with Crippen molar-refractivity contribution in [3.05, 3.63) is 83.9 Å². The zero-order valence-corrected chi connectivity index (χ0v) is 18.2. The quantitative estimate of drug-likeness (QED) is 0.596. The second-order valence-electron chi connectivity index (χ2n) is 8.63. The Morgan fingerprint density at radius 2 is 1.88 bits per heavy atom. The number of aromatic hydroxyl groups is 1. The normalized spacial score (nSPS) is 20.6. The fraction of sp³-hybridized carbons (Fsp3) is 0.333. The highest BCUT2D eigenvalue weighted by atomic mass is 16.6. The van der Waals surface area contributed by atoms with E-state index in [4.69, 9.17) is 14.2 Å². The fourth-order valence-electron chi connectivity index (χ4n) is 4.58. The lowest BCUT2D eigenvalue weighted by molar-refractivity contribution is 0.0501. The summed E-state index contributed by atoms with van der Waals surface area (Å²) < 4.78 is 18.2. The smallest absolute Gasteiger partial charge is 0.165 e. The fourth-order valence-corrected chi connectivity index (χ4v) is 4.58. The van der Waals surface area contributed by atoms with Crippen LogP contribution < -0.4 is 14.2 Å². The van der Waals surface area contributed by atoms with Gasteiger partial charge in [-0.15, -0.1) is 0 Å². The standard InChI is InChI=1S/C27H29NO4/c29-23-10-4-8-21(14-23)22-9-5-13-28(16-22)17-25-19-31-27-15-24(11-12-26(27)32-25)30-18-20-6-2-1-3-7-20/h1-4,6-8,10-12,14-15,22,25,29H,5,9,13,16-19H2/t22?,25-/m0/s1. The molecule has 0 bridgehead atoms. The Morgan fingerprint density at radius 1 is 0.969 bits per heavy atom. The van der Waals surface area contributed by atoms with E-state index in [0.717, 1.165) is 55.3 Å². The van der Waals surface area contributed by atoms with Gasteiger partial charge in [-0.1, -0.05) is 42.5 Å². The summed E-state index contributed by atoms with van der Waals surface area (Å²) in [5.74, 6) is 3.07. The molecule has 2 aliphatic rings. The van der Waals surface area contributed by atoms with E-state index in [-0.39, 0.29) is 6.10 Å². The number of rotatable bonds is 6. The van der Waals surface area contributed by atoms with Crippen LogP contribution in [-0.2, 0) is 6.61 Å². The van der Waals surface area contributed by atoms with Gasteiger partial charge in [0, 0.05) is 19.2 Å². The van der Waals surface area contributed by atoms with E-state index >= 15 is 0 Å². The topological polar surface area (TPSA) is 51.2 Å². The number of nitrogens with zero attached hydrogens (tertiary/aromatic N) is 1. The third-order valence-electron chi connectivity index (χ3n) is 6.19. The molecule has 2 aliphatic heterocycles. The molecule has 1 saturated heterocycles. The van der Waals surface area contributed by atoms with Crippen LogP contribution in [0.1, 0.15) is 29.9 Å². The predicted octanol–water partition coefficient (Wildman–Crippen LogP) is 4.99. The van der Waals surface area contributed by atoms with Crippen molar-refractivity contribution in [2.75, 3.05) is 26.2 Å². The van der Waals surface area contributed by atoms with Crippen molar-refractivity contribution in [2.45, 2.75) is 31.5 Å². The van der Waals surface area contributed by atoms with Crippen LogP contribution in [0.3, 0.4) is 0 Å². The van der Waals surface area contributed by atoms with Crippen LogP contribution in [0.2, 0.25) is 0 Å². The molecule has 5 heteroatoms. The Hall–Kier alpha value is -3.18. The maximum absolute atomic E-state index is 9.82. The molecule has 3 aromatic rings. The summed E-state index contributed by atoms with van der Waals surface area (Å²) in [5, 5.41) is 9.82. The minimum atomic E-state index is 0.00140. The lowest BCUT2D eigenvalue weighted by atomic mass is 9.90. The second-order valence-corrected chi connectivity index (χ2v) is 8.63. The SMILES string of the molecule is Oc1cccc(C2CCCN(C[C@H]3COc4cc(OCc5ccccc5)ccc4O3)C2)c1. The van der Waals surface area contributed by atoms with Crippen LogP contribution in [0.4, 0.5) is 0 Å². The lowest BCUT2D eigenvalue weighted by Crippen LogP contribution is -2.44. The van der Waals surface area contributed by atoms with Crippen molar-refractivity contribution in [2.24, 2.45) is 0 Å². The minimum absolute atomic E-state index is 0.00140. The molecule has 1 fully saturated rings. The van der Waals surface area contributed by atoms with E-state index < -0.39 is 0 Å². The maximum atomic E-state index is 9.82.